The van der Waals surface area contributed by atoms with Crippen molar-refractivity contribution in [2.75, 3.05) is 13.7 Å². The van der Waals surface area contributed by atoms with Gasteiger partial charge in [-0.3, -0.25) is 0 Å². The van der Waals surface area contributed by atoms with E-state index in [1.165, 1.54) is 5.56 Å². The minimum atomic E-state index is -0.555. The van der Waals surface area contributed by atoms with E-state index in [9.17, 15) is 0 Å². The summed E-state index contributed by atoms with van der Waals surface area (Å²) in [5.41, 5.74) is 1.18. The van der Waals surface area contributed by atoms with Crippen LogP contribution in [0.3, 0.4) is 0 Å². The molecule has 2 heterocycles. The SMILES string of the molecule is CCC[C@@]12OC[C@@H](O1)[C@@H](OCc1ccccc1)C[C@H]2OC. The predicted octanol–water partition coefficient (Wildman–Crippen LogP) is 2.90. The maximum absolute atomic E-state index is 6.16. The first-order chi connectivity index (χ1) is 10.3. The molecule has 0 amide bonds. The molecule has 2 saturated heterocycles. The Hall–Kier alpha value is -0.940. The molecular formula is C17H24O4. The van der Waals surface area contributed by atoms with Crippen LogP contribution in [0.5, 0.6) is 0 Å². The molecule has 0 spiro atoms. The number of ether oxygens (including phenoxy) is 4. The lowest BCUT2D eigenvalue weighted by Gasteiger charge is -2.41. The standard InChI is InChI=1S/C17H24O4/c1-3-9-17-16(18-2)10-14(15(21-17)12-20-17)19-11-13-7-5-4-6-8-13/h4-8,14-16H,3,9-12H2,1-2H3/t14-,15+,16+,17+/m0/s1. The fourth-order valence-electron chi connectivity index (χ4n) is 3.31. The summed E-state index contributed by atoms with van der Waals surface area (Å²) in [6, 6.07) is 10.2. The lowest BCUT2D eigenvalue weighted by molar-refractivity contribution is -0.276. The molecule has 2 aliphatic heterocycles. The van der Waals surface area contributed by atoms with Crippen LogP contribution in [-0.4, -0.2) is 37.8 Å². The first kappa shape index (κ1) is 15.0. The average molecular weight is 292 g/mol. The van der Waals surface area contributed by atoms with Gasteiger partial charge in [0, 0.05) is 20.0 Å². The second-order valence-electron chi connectivity index (χ2n) is 5.82. The quantitative estimate of drug-likeness (QED) is 0.808. The van der Waals surface area contributed by atoms with Crippen molar-refractivity contribution in [1.82, 2.24) is 0 Å². The lowest BCUT2D eigenvalue weighted by atomic mass is 9.94. The maximum Gasteiger partial charge on any atom is 0.195 e. The molecule has 1 aromatic rings. The Balaban J connectivity index is 1.64. The van der Waals surface area contributed by atoms with Gasteiger partial charge in [-0.15, -0.1) is 0 Å². The van der Waals surface area contributed by atoms with Gasteiger partial charge >= 0.3 is 0 Å². The van der Waals surface area contributed by atoms with E-state index in [0.29, 0.717) is 13.2 Å². The number of hydrogen-bond donors (Lipinski definition) is 0. The van der Waals surface area contributed by atoms with Crippen molar-refractivity contribution >= 4 is 0 Å². The summed E-state index contributed by atoms with van der Waals surface area (Å²) in [7, 11) is 1.72. The highest BCUT2D eigenvalue weighted by Crippen LogP contribution is 2.42. The Morgan fingerprint density at radius 2 is 2.10 bits per heavy atom. The van der Waals surface area contributed by atoms with Crippen LogP contribution >= 0.6 is 0 Å². The Morgan fingerprint density at radius 3 is 2.81 bits per heavy atom. The van der Waals surface area contributed by atoms with Crippen molar-refractivity contribution in [3.05, 3.63) is 35.9 Å². The Morgan fingerprint density at radius 1 is 1.29 bits per heavy atom. The molecule has 2 bridgehead atoms. The molecule has 0 saturated carbocycles. The van der Waals surface area contributed by atoms with Gasteiger partial charge in [0.2, 0.25) is 0 Å². The summed E-state index contributed by atoms with van der Waals surface area (Å²) < 4.78 is 23.8. The highest BCUT2D eigenvalue weighted by atomic mass is 16.8. The Labute approximate surface area is 126 Å². The van der Waals surface area contributed by atoms with Crippen LogP contribution in [-0.2, 0) is 25.6 Å². The highest BCUT2D eigenvalue weighted by molar-refractivity contribution is 5.13. The van der Waals surface area contributed by atoms with Crippen molar-refractivity contribution in [2.24, 2.45) is 0 Å². The zero-order chi connectivity index (χ0) is 14.7. The van der Waals surface area contributed by atoms with Crippen LogP contribution in [0.15, 0.2) is 30.3 Å². The molecule has 0 N–H and O–H groups in total. The Kier molecular flexibility index (Phi) is 4.60. The fourth-order valence-corrected chi connectivity index (χ4v) is 3.31. The summed E-state index contributed by atoms with van der Waals surface area (Å²) in [6.45, 7) is 3.33. The van der Waals surface area contributed by atoms with Crippen LogP contribution in [0, 0.1) is 0 Å². The number of benzene rings is 1. The van der Waals surface area contributed by atoms with Crippen LogP contribution < -0.4 is 0 Å². The second-order valence-corrected chi connectivity index (χ2v) is 5.82. The smallest absolute Gasteiger partial charge is 0.195 e. The molecule has 0 aliphatic carbocycles. The van der Waals surface area contributed by atoms with E-state index in [0.717, 1.165) is 19.3 Å². The molecular weight excluding hydrogens is 268 g/mol. The number of methoxy groups -OCH3 is 1. The van der Waals surface area contributed by atoms with Gasteiger partial charge in [0.05, 0.1) is 19.3 Å². The van der Waals surface area contributed by atoms with E-state index in [4.69, 9.17) is 18.9 Å². The third-order valence-electron chi connectivity index (χ3n) is 4.38. The van der Waals surface area contributed by atoms with Crippen molar-refractivity contribution in [3.63, 3.8) is 0 Å². The highest BCUT2D eigenvalue weighted by Gasteiger charge is 2.55. The summed E-state index contributed by atoms with van der Waals surface area (Å²) in [5.74, 6) is -0.555. The monoisotopic (exact) mass is 292 g/mol. The zero-order valence-corrected chi connectivity index (χ0v) is 12.8. The first-order valence-corrected chi connectivity index (χ1v) is 7.77. The topological polar surface area (TPSA) is 36.9 Å². The molecule has 3 rings (SSSR count). The van der Waals surface area contributed by atoms with Crippen molar-refractivity contribution < 1.29 is 18.9 Å². The summed E-state index contributed by atoms with van der Waals surface area (Å²) in [4.78, 5) is 0. The van der Waals surface area contributed by atoms with Crippen molar-refractivity contribution in [3.8, 4) is 0 Å². The average Bonchev–Trinajstić information content (AvgIpc) is 2.88. The minimum absolute atomic E-state index is 0.0201. The van der Waals surface area contributed by atoms with Gasteiger partial charge in [-0.05, 0) is 5.56 Å². The lowest BCUT2D eigenvalue weighted by Crippen LogP contribution is -2.52. The number of fused-ring (bicyclic) bond motifs is 2. The molecule has 4 nitrogen and oxygen atoms in total. The van der Waals surface area contributed by atoms with E-state index in [2.05, 4.69) is 19.1 Å². The van der Waals surface area contributed by atoms with Crippen LogP contribution in [0.25, 0.3) is 0 Å². The van der Waals surface area contributed by atoms with Crippen molar-refractivity contribution in [1.29, 1.82) is 0 Å². The minimum Gasteiger partial charge on any atom is -0.376 e. The van der Waals surface area contributed by atoms with Gasteiger partial charge in [0.25, 0.3) is 0 Å². The molecule has 1 aromatic carbocycles. The molecule has 0 radical (unpaired) electrons. The number of hydrogen-bond acceptors (Lipinski definition) is 4. The Bertz CT molecular complexity index is 449. The third kappa shape index (κ3) is 2.99. The van der Waals surface area contributed by atoms with E-state index in [1.807, 2.05) is 18.2 Å². The third-order valence-corrected chi connectivity index (χ3v) is 4.38. The van der Waals surface area contributed by atoms with Gasteiger partial charge < -0.3 is 18.9 Å². The molecule has 116 valence electrons. The predicted molar refractivity (Wildman–Crippen MR) is 78.9 cm³/mol. The molecule has 0 aromatic heterocycles. The van der Waals surface area contributed by atoms with Crippen LogP contribution in [0.1, 0.15) is 31.7 Å². The van der Waals surface area contributed by atoms with E-state index < -0.39 is 5.79 Å². The number of rotatable bonds is 6. The van der Waals surface area contributed by atoms with E-state index in [1.54, 1.807) is 7.11 Å². The van der Waals surface area contributed by atoms with Crippen LogP contribution in [0.2, 0.25) is 0 Å². The summed E-state index contributed by atoms with van der Waals surface area (Å²) >= 11 is 0. The molecule has 0 unspecified atom stereocenters. The van der Waals surface area contributed by atoms with Crippen molar-refractivity contribution in [2.45, 2.75) is 56.9 Å². The normalized spacial score (nSPS) is 35.0. The van der Waals surface area contributed by atoms with Gasteiger partial charge in [-0.2, -0.15) is 0 Å². The first-order valence-electron chi connectivity index (χ1n) is 7.77. The maximum atomic E-state index is 6.16. The molecule has 4 atom stereocenters. The van der Waals surface area contributed by atoms with Crippen LogP contribution in [0.4, 0.5) is 0 Å². The molecule has 2 fully saturated rings. The molecule has 21 heavy (non-hydrogen) atoms. The largest absolute Gasteiger partial charge is 0.376 e. The molecule has 2 aliphatic rings. The molecule has 4 heteroatoms. The van der Waals surface area contributed by atoms with E-state index >= 15 is 0 Å². The van der Waals surface area contributed by atoms with Gasteiger partial charge in [-0.25, -0.2) is 0 Å². The summed E-state index contributed by atoms with van der Waals surface area (Å²) in [6.07, 6.45) is 2.70. The fraction of sp³-hybridized carbons (Fsp3) is 0.647. The zero-order valence-electron chi connectivity index (χ0n) is 12.8. The van der Waals surface area contributed by atoms with Gasteiger partial charge in [-0.1, -0.05) is 43.7 Å². The van der Waals surface area contributed by atoms with Gasteiger partial charge in [0.15, 0.2) is 5.79 Å². The summed E-state index contributed by atoms with van der Waals surface area (Å²) in [5, 5.41) is 0. The van der Waals surface area contributed by atoms with Gasteiger partial charge in [0.1, 0.15) is 12.2 Å². The van der Waals surface area contributed by atoms with E-state index in [-0.39, 0.29) is 18.3 Å². The second kappa shape index (κ2) is 6.44.